The number of para-hydroxylation sites is 2. The number of carbonyl (C=O) groups is 1. The second-order valence-electron chi connectivity index (χ2n) is 7.44. The van der Waals surface area contributed by atoms with E-state index in [0.717, 1.165) is 25.7 Å². The number of benzene rings is 2. The molecule has 3 rings (SSSR count). The normalized spacial score (nSPS) is 14.9. The zero-order valence-electron chi connectivity index (χ0n) is 18.5. The number of ether oxygens (including phenoxy) is 3. The van der Waals surface area contributed by atoms with Gasteiger partial charge in [0.1, 0.15) is 12.4 Å². The number of sulfonamides is 1. The van der Waals surface area contributed by atoms with E-state index in [1.165, 1.54) is 29.6 Å². The molecule has 174 valence electrons. The molecule has 32 heavy (non-hydrogen) atoms. The summed E-state index contributed by atoms with van der Waals surface area (Å²) >= 11 is 0. The van der Waals surface area contributed by atoms with Crippen molar-refractivity contribution in [3.63, 3.8) is 0 Å². The maximum atomic E-state index is 13.1. The molecular weight excluding hydrogens is 432 g/mol. The molecule has 1 fully saturated rings. The van der Waals surface area contributed by atoms with Crippen LogP contribution in [0.3, 0.4) is 0 Å². The number of hydrogen-bond donors (Lipinski definition) is 1. The van der Waals surface area contributed by atoms with Crippen LogP contribution in [0.5, 0.6) is 17.2 Å². The van der Waals surface area contributed by atoms with Crippen LogP contribution in [0.1, 0.15) is 36.0 Å². The van der Waals surface area contributed by atoms with Crippen molar-refractivity contribution in [1.82, 2.24) is 9.62 Å². The largest absolute Gasteiger partial charge is 0.496 e. The molecule has 1 N–H and O–H groups in total. The van der Waals surface area contributed by atoms with Crippen molar-refractivity contribution in [2.24, 2.45) is 0 Å². The van der Waals surface area contributed by atoms with E-state index in [1.807, 2.05) is 12.1 Å². The van der Waals surface area contributed by atoms with Gasteiger partial charge < -0.3 is 19.5 Å². The summed E-state index contributed by atoms with van der Waals surface area (Å²) in [4.78, 5) is 12.9. The van der Waals surface area contributed by atoms with Gasteiger partial charge in [-0.25, -0.2) is 8.42 Å². The lowest BCUT2D eigenvalue weighted by Crippen LogP contribution is -2.32. The first-order chi connectivity index (χ1) is 15.5. The van der Waals surface area contributed by atoms with Crippen molar-refractivity contribution in [3.05, 3.63) is 48.0 Å². The molecule has 0 saturated carbocycles. The van der Waals surface area contributed by atoms with Gasteiger partial charge in [0.05, 0.1) is 31.2 Å². The summed E-state index contributed by atoms with van der Waals surface area (Å²) in [7, 11) is -0.673. The predicted octanol–water partition coefficient (Wildman–Crippen LogP) is 3.08. The molecule has 0 spiro atoms. The second kappa shape index (κ2) is 11.2. The van der Waals surface area contributed by atoms with Crippen molar-refractivity contribution in [2.45, 2.75) is 30.6 Å². The minimum atomic E-state index is -3.68. The van der Waals surface area contributed by atoms with Crippen molar-refractivity contribution >= 4 is 15.9 Å². The number of nitrogens with one attached hydrogen (secondary N) is 1. The number of hydrogen-bond acceptors (Lipinski definition) is 6. The van der Waals surface area contributed by atoms with E-state index in [2.05, 4.69) is 5.32 Å². The van der Waals surface area contributed by atoms with Crippen LogP contribution >= 0.6 is 0 Å². The van der Waals surface area contributed by atoms with Crippen LogP contribution in [0.2, 0.25) is 0 Å². The van der Waals surface area contributed by atoms with Crippen LogP contribution in [0, 0.1) is 0 Å². The number of nitrogens with zero attached hydrogens (tertiary/aromatic N) is 1. The maximum Gasteiger partial charge on any atom is 0.255 e. The zero-order valence-corrected chi connectivity index (χ0v) is 19.3. The van der Waals surface area contributed by atoms with Gasteiger partial charge in [-0.3, -0.25) is 4.79 Å². The molecule has 1 saturated heterocycles. The summed E-state index contributed by atoms with van der Waals surface area (Å²) < 4.78 is 43.9. The molecule has 2 aromatic rings. The van der Waals surface area contributed by atoms with Crippen molar-refractivity contribution < 1.29 is 27.4 Å². The average Bonchev–Trinajstić information content (AvgIpc) is 3.11. The minimum absolute atomic E-state index is 0.0932. The van der Waals surface area contributed by atoms with E-state index >= 15 is 0 Å². The molecule has 0 atom stereocenters. The van der Waals surface area contributed by atoms with E-state index in [-0.39, 0.29) is 23.6 Å². The number of methoxy groups -OCH3 is 2. The highest BCUT2D eigenvalue weighted by molar-refractivity contribution is 7.89. The number of rotatable bonds is 9. The highest BCUT2D eigenvalue weighted by Gasteiger charge is 2.27. The van der Waals surface area contributed by atoms with E-state index in [9.17, 15) is 13.2 Å². The third-order valence-electron chi connectivity index (χ3n) is 5.33. The van der Waals surface area contributed by atoms with Gasteiger partial charge in [0.15, 0.2) is 11.5 Å². The fraction of sp³-hybridized carbons (Fsp3) is 0.435. The van der Waals surface area contributed by atoms with Gasteiger partial charge in [-0.2, -0.15) is 4.31 Å². The minimum Gasteiger partial charge on any atom is -0.496 e. The van der Waals surface area contributed by atoms with Gasteiger partial charge in [-0.05, 0) is 43.2 Å². The molecule has 0 aliphatic carbocycles. The summed E-state index contributed by atoms with van der Waals surface area (Å²) in [5.41, 5.74) is 0.167. The molecule has 1 aliphatic rings. The Morgan fingerprint density at radius 3 is 2.25 bits per heavy atom. The maximum absolute atomic E-state index is 13.1. The Hall–Kier alpha value is -2.78. The van der Waals surface area contributed by atoms with Crippen molar-refractivity contribution in [2.75, 3.05) is 40.5 Å². The lowest BCUT2D eigenvalue weighted by Gasteiger charge is -2.20. The van der Waals surface area contributed by atoms with E-state index in [4.69, 9.17) is 14.2 Å². The smallest absolute Gasteiger partial charge is 0.255 e. The van der Waals surface area contributed by atoms with Crippen LogP contribution in [0.25, 0.3) is 0 Å². The third-order valence-corrected chi connectivity index (χ3v) is 7.23. The monoisotopic (exact) mass is 462 g/mol. The van der Waals surface area contributed by atoms with Crippen LogP contribution < -0.4 is 19.5 Å². The Labute approximate surface area is 189 Å². The molecule has 2 aromatic carbocycles. The molecule has 0 bridgehead atoms. The van der Waals surface area contributed by atoms with Crippen LogP contribution in [0.4, 0.5) is 0 Å². The first kappa shape index (κ1) is 23.9. The molecule has 1 amide bonds. The standard InChI is InChI=1S/C23H30N2O6S/c1-29-20-12-11-18(32(27,28)25-14-7-3-4-8-15-25)17-19(20)23(26)24-13-16-31-22-10-6-5-9-21(22)30-2/h5-6,9-12,17H,3-4,7-8,13-16H2,1-2H3,(H,24,26). The van der Waals surface area contributed by atoms with Crippen LogP contribution in [-0.4, -0.2) is 59.1 Å². The lowest BCUT2D eigenvalue weighted by molar-refractivity contribution is 0.0943. The van der Waals surface area contributed by atoms with E-state index in [1.54, 1.807) is 19.2 Å². The summed E-state index contributed by atoms with van der Waals surface area (Å²) in [6.07, 6.45) is 3.74. The van der Waals surface area contributed by atoms with Gasteiger partial charge in [-0.1, -0.05) is 25.0 Å². The molecule has 0 unspecified atom stereocenters. The third kappa shape index (κ3) is 5.72. The van der Waals surface area contributed by atoms with Gasteiger partial charge in [0.25, 0.3) is 5.91 Å². The Bertz CT molecular complexity index is 1020. The lowest BCUT2D eigenvalue weighted by atomic mass is 10.2. The highest BCUT2D eigenvalue weighted by Crippen LogP contribution is 2.27. The second-order valence-corrected chi connectivity index (χ2v) is 9.37. The van der Waals surface area contributed by atoms with Gasteiger partial charge in [-0.15, -0.1) is 0 Å². The van der Waals surface area contributed by atoms with Crippen LogP contribution in [0.15, 0.2) is 47.4 Å². The fourth-order valence-electron chi connectivity index (χ4n) is 3.61. The van der Waals surface area contributed by atoms with Gasteiger partial charge in [0.2, 0.25) is 10.0 Å². The molecule has 0 aromatic heterocycles. The Balaban J connectivity index is 1.68. The SMILES string of the molecule is COc1ccccc1OCCNC(=O)c1cc(S(=O)(=O)N2CCCCCC2)ccc1OC. The van der Waals surface area contributed by atoms with E-state index < -0.39 is 15.9 Å². The Morgan fingerprint density at radius 1 is 0.938 bits per heavy atom. The summed E-state index contributed by atoms with van der Waals surface area (Å²) in [6.45, 7) is 1.44. The predicted molar refractivity (Wildman–Crippen MR) is 121 cm³/mol. The molecular formula is C23H30N2O6S. The molecule has 0 radical (unpaired) electrons. The van der Waals surface area contributed by atoms with Crippen LogP contribution in [-0.2, 0) is 10.0 Å². The molecule has 1 heterocycles. The summed E-state index contributed by atoms with van der Waals surface area (Å²) in [5.74, 6) is 1.06. The topological polar surface area (TPSA) is 94.2 Å². The van der Waals surface area contributed by atoms with Crippen molar-refractivity contribution in [1.29, 1.82) is 0 Å². The molecule has 8 nitrogen and oxygen atoms in total. The van der Waals surface area contributed by atoms with Crippen molar-refractivity contribution in [3.8, 4) is 17.2 Å². The zero-order chi connectivity index (χ0) is 23.0. The summed E-state index contributed by atoms with van der Waals surface area (Å²) in [6, 6.07) is 11.6. The first-order valence-corrected chi connectivity index (χ1v) is 12.1. The summed E-state index contributed by atoms with van der Waals surface area (Å²) in [5, 5.41) is 2.76. The number of carbonyl (C=O) groups excluding carboxylic acids is 1. The number of amides is 1. The van der Waals surface area contributed by atoms with Gasteiger partial charge >= 0.3 is 0 Å². The fourth-order valence-corrected chi connectivity index (χ4v) is 5.16. The molecule has 1 aliphatic heterocycles. The average molecular weight is 463 g/mol. The molecule has 9 heteroatoms. The van der Waals surface area contributed by atoms with Gasteiger partial charge in [0, 0.05) is 13.1 Å². The highest BCUT2D eigenvalue weighted by atomic mass is 32.2. The van der Waals surface area contributed by atoms with E-state index in [0.29, 0.717) is 30.3 Å². The first-order valence-electron chi connectivity index (χ1n) is 10.7. The Morgan fingerprint density at radius 2 is 1.59 bits per heavy atom. The Kier molecular flexibility index (Phi) is 8.35. The quantitative estimate of drug-likeness (QED) is 0.576.